The van der Waals surface area contributed by atoms with E-state index in [-0.39, 0.29) is 17.6 Å². The number of nitrogens with one attached hydrogen (secondary N) is 1. The highest BCUT2D eigenvalue weighted by Gasteiger charge is 2.46. The van der Waals surface area contributed by atoms with Crippen LogP contribution in [0.25, 0.3) is 11.0 Å². The van der Waals surface area contributed by atoms with E-state index >= 15 is 0 Å². The van der Waals surface area contributed by atoms with Crippen LogP contribution in [0.15, 0.2) is 28.7 Å². The van der Waals surface area contributed by atoms with Crippen molar-refractivity contribution in [3.8, 4) is 0 Å². The summed E-state index contributed by atoms with van der Waals surface area (Å²) in [6.45, 7) is 10.6. The van der Waals surface area contributed by atoms with E-state index in [1.54, 1.807) is 36.3 Å². The van der Waals surface area contributed by atoms with Gasteiger partial charge in [-0.2, -0.15) is 0 Å². The van der Waals surface area contributed by atoms with E-state index in [1.807, 2.05) is 27.7 Å². The quantitative estimate of drug-likeness (QED) is 0.245. The van der Waals surface area contributed by atoms with E-state index in [0.717, 1.165) is 57.3 Å². The Labute approximate surface area is 244 Å². The number of ether oxygens (including phenoxy) is 3. The second-order valence-electron chi connectivity index (χ2n) is 11.9. The molecule has 2 amide bonds. The highest BCUT2D eigenvalue weighted by atomic mass is 16.6. The Morgan fingerprint density at radius 1 is 1.07 bits per heavy atom. The summed E-state index contributed by atoms with van der Waals surface area (Å²) in [4.78, 5) is 39.0. The fraction of sp³-hybridized carbons (Fsp3) is 0.656. The number of amides is 2. The molecule has 2 aromatic rings. The van der Waals surface area contributed by atoms with Gasteiger partial charge >= 0.3 is 6.09 Å². The number of anilines is 1. The maximum Gasteiger partial charge on any atom is 0.410 e. The smallest absolute Gasteiger partial charge is 0.410 e. The Morgan fingerprint density at radius 3 is 2.46 bits per heavy atom. The molecule has 1 aliphatic heterocycles. The predicted molar refractivity (Wildman–Crippen MR) is 159 cm³/mol. The number of carbonyl (C=O) groups is 3. The minimum absolute atomic E-state index is 0.127. The molecule has 0 radical (unpaired) electrons. The molecule has 2 aliphatic rings. The first-order valence-electron chi connectivity index (χ1n) is 15.0. The highest BCUT2D eigenvalue weighted by molar-refractivity contribution is 5.99. The van der Waals surface area contributed by atoms with Gasteiger partial charge in [-0.3, -0.25) is 14.5 Å². The summed E-state index contributed by atoms with van der Waals surface area (Å²) in [6.07, 6.45) is 9.06. The van der Waals surface area contributed by atoms with Crippen molar-refractivity contribution in [3.63, 3.8) is 0 Å². The van der Waals surface area contributed by atoms with Gasteiger partial charge in [-0.05, 0) is 83.1 Å². The number of hydrogen-bond acceptors (Lipinski definition) is 7. The SMILES string of the molecule is CC(C)(C)OC(=O)N1CCC(C2CCCCC2)C1C(=O)Nc1ccc2oc(C=O)cc2c1.CCOCCCCOC. The fourth-order valence-corrected chi connectivity index (χ4v) is 5.74. The summed E-state index contributed by atoms with van der Waals surface area (Å²) in [5.74, 6) is 0.621. The number of carbonyl (C=O) groups excluding carboxylic acids is 3. The molecule has 0 spiro atoms. The summed E-state index contributed by atoms with van der Waals surface area (Å²) in [6, 6.07) is 6.35. The van der Waals surface area contributed by atoms with Crippen LogP contribution in [0.2, 0.25) is 0 Å². The molecule has 228 valence electrons. The molecule has 1 saturated heterocycles. The van der Waals surface area contributed by atoms with Crippen molar-refractivity contribution in [2.24, 2.45) is 11.8 Å². The molecule has 2 unspecified atom stereocenters. The lowest BCUT2D eigenvalue weighted by molar-refractivity contribution is -0.122. The van der Waals surface area contributed by atoms with E-state index in [0.29, 0.717) is 30.0 Å². The van der Waals surface area contributed by atoms with Crippen LogP contribution in [0.1, 0.15) is 89.6 Å². The molecule has 4 rings (SSSR count). The summed E-state index contributed by atoms with van der Waals surface area (Å²) in [7, 11) is 1.72. The van der Waals surface area contributed by atoms with Crippen molar-refractivity contribution in [1.29, 1.82) is 0 Å². The van der Waals surface area contributed by atoms with Crippen molar-refractivity contribution in [3.05, 3.63) is 30.0 Å². The summed E-state index contributed by atoms with van der Waals surface area (Å²) >= 11 is 0. The van der Waals surface area contributed by atoms with Gasteiger partial charge in [0.15, 0.2) is 12.0 Å². The number of fused-ring (bicyclic) bond motifs is 1. The number of unbranched alkanes of at least 4 members (excludes halogenated alkanes) is 1. The van der Waals surface area contributed by atoms with Crippen LogP contribution in [-0.2, 0) is 19.0 Å². The third-order valence-corrected chi connectivity index (χ3v) is 7.61. The monoisotopic (exact) mass is 572 g/mol. The highest BCUT2D eigenvalue weighted by Crippen LogP contribution is 2.40. The number of rotatable bonds is 10. The topological polar surface area (TPSA) is 107 Å². The Morgan fingerprint density at radius 2 is 1.80 bits per heavy atom. The Kier molecular flexibility index (Phi) is 12.7. The minimum Gasteiger partial charge on any atom is -0.453 e. The lowest BCUT2D eigenvalue weighted by atomic mass is 9.76. The molecule has 1 aromatic heterocycles. The second-order valence-corrected chi connectivity index (χ2v) is 11.9. The van der Waals surface area contributed by atoms with Gasteiger partial charge in [0.2, 0.25) is 5.91 Å². The minimum atomic E-state index is -0.621. The van der Waals surface area contributed by atoms with E-state index < -0.39 is 17.7 Å². The summed E-state index contributed by atoms with van der Waals surface area (Å²) in [5.41, 5.74) is 0.574. The van der Waals surface area contributed by atoms with Gasteiger partial charge in [-0.15, -0.1) is 0 Å². The standard InChI is InChI=1S/C25H32N2O5.C7H16O2/c1-25(2,3)32-24(30)27-12-11-20(16-7-5-4-6-8-16)22(27)23(29)26-18-9-10-21-17(13-18)14-19(15-28)31-21;1-3-9-7-5-4-6-8-2/h9-10,13-16,20,22H,4-8,11-12H2,1-3H3,(H,26,29);3-7H2,1-2H3. The van der Waals surface area contributed by atoms with Gasteiger partial charge in [-0.25, -0.2) is 4.79 Å². The van der Waals surface area contributed by atoms with E-state index in [4.69, 9.17) is 18.6 Å². The second kappa shape index (κ2) is 15.9. The van der Waals surface area contributed by atoms with E-state index in [2.05, 4.69) is 5.32 Å². The van der Waals surface area contributed by atoms with Crippen LogP contribution in [0, 0.1) is 11.8 Å². The van der Waals surface area contributed by atoms with E-state index in [1.165, 1.54) is 19.3 Å². The molecule has 1 aliphatic carbocycles. The van der Waals surface area contributed by atoms with Crippen LogP contribution in [0.3, 0.4) is 0 Å². The largest absolute Gasteiger partial charge is 0.453 e. The molecule has 9 nitrogen and oxygen atoms in total. The van der Waals surface area contributed by atoms with Crippen molar-refractivity contribution >= 4 is 34.9 Å². The Bertz CT molecular complexity index is 1110. The molecular formula is C32H48N2O7. The van der Waals surface area contributed by atoms with Gasteiger partial charge in [-0.1, -0.05) is 32.1 Å². The van der Waals surface area contributed by atoms with Gasteiger partial charge < -0.3 is 23.9 Å². The Balaban J connectivity index is 0.000000445. The molecule has 41 heavy (non-hydrogen) atoms. The van der Waals surface area contributed by atoms with Crippen molar-refractivity contribution in [1.82, 2.24) is 4.90 Å². The first kappa shape index (κ1) is 32.6. The predicted octanol–water partition coefficient (Wildman–Crippen LogP) is 6.84. The number of methoxy groups -OCH3 is 1. The molecule has 1 aromatic carbocycles. The number of likely N-dealkylation sites (tertiary alicyclic amines) is 1. The average Bonchev–Trinajstić information content (AvgIpc) is 3.57. The Hall–Kier alpha value is -2.91. The number of benzene rings is 1. The van der Waals surface area contributed by atoms with Crippen LogP contribution in [-0.4, -0.2) is 68.3 Å². The lowest BCUT2D eigenvalue weighted by Gasteiger charge is -2.34. The number of aldehydes is 1. The number of nitrogens with zero attached hydrogens (tertiary/aromatic N) is 1. The zero-order valence-corrected chi connectivity index (χ0v) is 25.4. The third-order valence-electron chi connectivity index (χ3n) is 7.61. The van der Waals surface area contributed by atoms with Crippen LogP contribution < -0.4 is 5.32 Å². The van der Waals surface area contributed by atoms with Gasteiger partial charge in [0.25, 0.3) is 0 Å². The van der Waals surface area contributed by atoms with Crippen molar-refractivity contribution in [2.75, 3.05) is 38.8 Å². The van der Waals surface area contributed by atoms with Crippen molar-refractivity contribution < 1.29 is 33.0 Å². The van der Waals surface area contributed by atoms with Gasteiger partial charge in [0, 0.05) is 44.5 Å². The third kappa shape index (κ3) is 9.85. The van der Waals surface area contributed by atoms with Crippen molar-refractivity contribution in [2.45, 2.75) is 90.7 Å². The first-order valence-corrected chi connectivity index (χ1v) is 15.0. The molecule has 2 atom stereocenters. The van der Waals surface area contributed by atoms with Crippen LogP contribution >= 0.6 is 0 Å². The maximum absolute atomic E-state index is 13.5. The van der Waals surface area contributed by atoms with Crippen LogP contribution in [0.5, 0.6) is 0 Å². The zero-order chi connectivity index (χ0) is 29.8. The van der Waals surface area contributed by atoms with Gasteiger partial charge in [0.1, 0.15) is 17.2 Å². The number of hydrogen-bond donors (Lipinski definition) is 1. The average molecular weight is 573 g/mol. The summed E-state index contributed by atoms with van der Waals surface area (Å²) < 4.78 is 21.0. The zero-order valence-electron chi connectivity index (χ0n) is 25.4. The molecule has 0 bridgehead atoms. The molecule has 1 N–H and O–H groups in total. The molecular weight excluding hydrogens is 524 g/mol. The molecule has 9 heteroatoms. The summed E-state index contributed by atoms with van der Waals surface area (Å²) in [5, 5.41) is 3.74. The fourth-order valence-electron chi connectivity index (χ4n) is 5.74. The molecule has 2 fully saturated rings. The number of furan rings is 1. The first-order chi connectivity index (χ1) is 19.7. The van der Waals surface area contributed by atoms with Crippen LogP contribution in [0.4, 0.5) is 10.5 Å². The van der Waals surface area contributed by atoms with Gasteiger partial charge in [0.05, 0.1) is 0 Å². The molecule has 1 saturated carbocycles. The van der Waals surface area contributed by atoms with E-state index in [9.17, 15) is 14.4 Å². The molecule has 2 heterocycles. The lowest BCUT2D eigenvalue weighted by Crippen LogP contribution is -2.49. The maximum atomic E-state index is 13.5. The normalized spacial score (nSPS) is 19.5.